The second kappa shape index (κ2) is 7.92. The highest BCUT2D eigenvalue weighted by Crippen LogP contribution is 2.29. The van der Waals surface area contributed by atoms with Gasteiger partial charge in [-0.2, -0.15) is 0 Å². The molecular formula is C13H20FNO7. The summed E-state index contributed by atoms with van der Waals surface area (Å²) >= 11 is 0. The van der Waals surface area contributed by atoms with E-state index in [4.69, 9.17) is 14.2 Å². The van der Waals surface area contributed by atoms with Gasteiger partial charge < -0.3 is 24.3 Å². The Bertz CT molecular complexity index is 429. The topological polar surface area (TPSA) is 100 Å². The Morgan fingerprint density at radius 3 is 2.41 bits per heavy atom. The molecule has 1 fully saturated rings. The van der Waals surface area contributed by atoms with E-state index in [-0.39, 0.29) is 6.61 Å². The van der Waals surface area contributed by atoms with Crippen molar-refractivity contribution < 1.29 is 37.7 Å². The van der Waals surface area contributed by atoms with Crippen LogP contribution in [0.25, 0.3) is 0 Å². The number of ether oxygens (including phenoxy) is 4. The Balaban J connectivity index is 2.86. The minimum absolute atomic E-state index is 0.325. The quantitative estimate of drug-likeness (QED) is 0.754. The molecule has 0 saturated carbocycles. The number of nitrogens with one attached hydrogen (secondary N) is 1. The van der Waals surface area contributed by atoms with Gasteiger partial charge in [-0.05, 0) is 0 Å². The van der Waals surface area contributed by atoms with E-state index in [9.17, 15) is 18.8 Å². The van der Waals surface area contributed by atoms with Crippen LogP contribution in [0, 0.1) is 5.92 Å². The number of alkyl halides is 1. The Morgan fingerprint density at radius 2 is 1.91 bits per heavy atom. The monoisotopic (exact) mass is 321 g/mol. The largest absolute Gasteiger partial charge is 0.510 e. The van der Waals surface area contributed by atoms with Gasteiger partial charge in [0.2, 0.25) is 12.2 Å². The van der Waals surface area contributed by atoms with E-state index >= 15 is 0 Å². The number of hydrogen-bond acceptors (Lipinski definition) is 7. The molecule has 0 radical (unpaired) electrons. The molecule has 126 valence electrons. The summed E-state index contributed by atoms with van der Waals surface area (Å²) in [5.74, 6) is -1.74. The second-order valence-corrected chi connectivity index (χ2v) is 4.95. The maximum absolute atomic E-state index is 14.3. The summed E-state index contributed by atoms with van der Waals surface area (Å²) < 4.78 is 33.7. The fraction of sp³-hybridized carbons (Fsp3) is 0.769. The first kappa shape index (κ1) is 18.1. The SMILES string of the molecule is COC(=O)OC1OC(COC(C)=O)[C@@H](F)C(C)[C@@H]1NC(C)=O. The molecule has 1 amide bonds. The number of methoxy groups -OCH3 is 1. The minimum atomic E-state index is -1.52. The number of rotatable bonds is 4. The number of carbonyl (C=O) groups is 3. The third-order valence-electron chi connectivity index (χ3n) is 3.23. The molecule has 0 spiro atoms. The average Bonchev–Trinajstić information content (AvgIpc) is 2.44. The van der Waals surface area contributed by atoms with Crippen LogP contribution in [-0.4, -0.2) is 56.4 Å². The Labute approximate surface area is 127 Å². The van der Waals surface area contributed by atoms with Gasteiger partial charge in [0, 0.05) is 19.8 Å². The fourth-order valence-electron chi connectivity index (χ4n) is 2.13. The first-order chi connectivity index (χ1) is 10.3. The van der Waals surface area contributed by atoms with Gasteiger partial charge in [0.05, 0.1) is 13.2 Å². The zero-order chi connectivity index (χ0) is 16.9. The molecule has 1 aliphatic rings. The van der Waals surface area contributed by atoms with Crippen LogP contribution in [-0.2, 0) is 28.5 Å². The fourth-order valence-corrected chi connectivity index (χ4v) is 2.13. The van der Waals surface area contributed by atoms with Gasteiger partial charge in [-0.1, -0.05) is 6.92 Å². The van der Waals surface area contributed by atoms with Crippen molar-refractivity contribution in [3.05, 3.63) is 0 Å². The van der Waals surface area contributed by atoms with E-state index in [2.05, 4.69) is 10.1 Å². The summed E-state index contributed by atoms with van der Waals surface area (Å²) in [6.45, 7) is 3.64. The summed E-state index contributed by atoms with van der Waals surface area (Å²) in [4.78, 5) is 33.3. The van der Waals surface area contributed by atoms with Crippen LogP contribution in [0.15, 0.2) is 0 Å². The normalized spacial score (nSPS) is 31.0. The molecule has 1 N–H and O–H groups in total. The van der Waals surface area contributed by atoms with Gasteiger partial charge in [0.25, 0.3) is 0 Å². The highest BCUT2D eigenvalue weighted by molar-refractivity contribution is 5.73. The number of hydrogen-bond donors (Lipinski definition) is 1. The van der Waals surface area contributed by atoms with E-state index in [1.54, 1.807) is 0 Å². The summed E-state index contributed by atoms with van der Waals surface area (Å²) in [5, 5.41) is 2.48. The van der Waals surface area contributed by atoms with Gasteiger partial charge in [0.15, 0.2) is 0 Å². The van der Waals surface area contributed by atoms with Crippen molar-refractivity contribution in [2.75, 3.05) is 13.7 Å². The Morgan fingerprint density at radius 1 is 1.27 bits per heavy atom. The molecule has 1 heterocycles. The van der Waals surface area contributed by atoms with Crippen LogP contribution in [0.2, 0.25) is 0 Å². The lowest BCUT2D eigenvalue weighted by molar-refractivity contribution is -0.232. The molecule has 9 heteroatoms. The summed E-state index contributed by atoms with van der Waals surface area (Å²) in [5.41, 5.74) is 0. The van der Waals surface area contributed by atoms with Crippen molar-refractivity contribution in [3.63, 3.8) is 0 Å². The molecular weight excluding hydrogens is 301 g/mol. The van der Waals surface area contributed by atoms with Gasteiger partial charge in [0.1, 0.15) is 18.9 Å². The van der Waals surface area contributed by atoms with Gasteiger partial charge in [-0.25, -0.2) is 9.18 Å². The molecule has 1 rings (SSSR count). The predicted octanol–water partition coefficient (Wildman–Crippen LogP) is 0.536. The number of halogens is 1. The zero-order valence-electron chi connectivity index (χ0n) is 12.8. The maximum Gasteiger partial charge on any atom is 0.510 e. The second-order valence-electron chi connectivity index (χ2n) is 4.95. The average molecular weight is 321 g/mol. The third-order valence-corrected chi connectivity index (χ3v) is 3.23. The van der Waals surface area contributed by atoms with Crippen LogP contribution in [0.4, 0.5) is 9.18 Å². The van der Waals surface area contributed by atoms with E-state index < -0.39 is 48.6 Å². The van der Waals surface area contributed by atoms with Crippen LogP contribution in [0.5, 0.6) is 0 Å². The molecule has 0 bridgehead atoms. The highest BCUT2D eigenvalue weighted by atomic mass is 19.1. The lowest BCUT2D eigenvalue weighted by atomic mass is 9.90. The van der Waals surface area contributed by atoms with E-state index in [1.807, 2.05) is 0 Å². The van der Waals surface area contributed by atoms with Gasteiger partial charge in [-0.15, -0.1) is 0 Å². The number of amides is 1. The van der Waals surface area contributed by atoms with Crippen molar-refractivity contribution in [3.8, 4) is 0 Å². The molecule has 1 aliphatic heterocycles. The molecule has 0 aromatic rings. The standard InChI is InChI=1S/C13H20FNO7/c1-6-10(14)9(5-20-8(3)17)21-12(22-13(18)19-4)11(6)15-7(2)16/h6,9-12H,5H2,1-4H3,(H,15,16)/t6?,9?,10-,11-,12?/m0/s1. The highest BCUT2D eigenvalue weighted by Gasteiger charge is 2.46. The van der Waals surface area contributed by atoms with E-state index in [0.717, 1.165) is 7.11 Å². The van der Waals surface area contributed by atoms with Crippen LogP contribution >= 0.6 is 0 Å². The molecule has 0 aliphatic carbocycles. The predicted molar refractivity (Wildman–Crippen MR) is 70.4 cm³/mol. The Kier molecular flexibility index (Phi) is 6.54. The minimum Gasteiger partial charge on any atom is -0.463 e. The number of esters is 1. The van der Waals surface area contributed by atoms with Crippen LogP contribution in [0.3, 0.4) is 0 Å². The Hall–Kier alpha value is -1.90. The molecule has 8 nitrogen and oxygen atoms in total. The maximum atomic E-state index is 14.3. The van der Waals surface area contributed by atoms with Crippen molar-refractivity contribution in [2.24, 2.45) is 5.92 Å². The smallest absolute Gasteiger partial charge is 0.463 e. The van der Waals surface area contributed by atoms with Crippen molar-refractivity contribution in [1.82, 2.24) is 5.32 Å². The molecule has 1 saturated heterocycles. The first-order valence-corrected chi connectivity index (χ1v) is 6.70. The van der Waals surface area contributed by atoms with E-state index in [1.165, 1.54) is 20.8 Å². The van der Waals surface area contributed by atoms with E-state index in [0.29, 0.717) is 0 Å². The van der Waals surface area contributed by atoms with Crippen LogP contribution < -0.4 is 5.32 Å². The van der Waals surface area contributed by atoms with Gasteiger partial charge in [-0.3, -0.25) is 9.59 Å². The molecule has 5 atom stereocenters. The summed E-state index contributed by atoms with van der Waals surface area (Å²) in [6.07, 6.45) is -4.91. The van der Waals surface area contributed by atoms with Crippen molar-refractivity contribution in [2.45, 2.75) is 45.4 Å². The van der Waals surface area contributed by atoms with Crippen molar-refractivity contribution in [1.29, 1.82) is 0 Å². The molecule has 3 unspecified atom stereocenters. The third kappa shape index (κ3) is 4.83. The first-order valence-electron chi connectivity index (χ1n) is 6.70. The summed E-state index contributed by atoms with van der Waals surface area (Å²) in [6, 6.07) is -0.889. The lowest BCUT2D eigenvalue weighted by Gasteiger charge is -2.41. The molecule has 22 heavy (non-hydrogen) atoms. The zero-order valence-corrected chi connectivity index (χ0v) is 12.8. The lowest BCUT2D eigenvalue weighted by Crippen LogP contribution is -2.60. The van der Waals surface area contributed by atoms with Gasteiger partial charge >= 0.3 is 12.1 Å². The van der Waals surface area contributed by atoms with Crippen LogP contribution in [0.1, 0.15) is 20.8 Å². The molecule has 0 aromatic carbocycles. The van der Waals surface area contributed by atoms with Crippen molar-refractivity contribution >= 4 is 18.0 Å². The molecule has 0 aromatic heterocycles. The summed E-state index contributed by atoms with van der Waals surface area (Å²) in [7, 11) is 1.11. The number of carbonyl (C=O) groups excluding carboxylic acids is 3.